The molecule has 0 spiro atoms. The summed E-state index contributed by atoms with van der Waals surface area (Å²) in [6.07, 6.45) is 3.53. The SMILES string of the molecule is CC(N)c1noc(-c2cnn(-c3ccccc3)c2)n1. The van der Waals surface area contributed by atoms with Gasteiger partial charge in [-0.1, -0.05) is 23.4 Å². The summed E-state index contributed by atoms with van der Waals surface area (Å²) in [5, 5.41) is 8.10. The predicted octanol–water partition coefficient (Wildman–Crippen LogP) is 1.94. The molecule has 0 aliphatic rings. The van der Waals surface area contributed by atoms with E-state index in [2.05, 4.69) is 15.2 Å². The number of para-hydroxylation sites is 1. The van der Waals surface area contributed by atoms with Crippen LogP contribution in [0.5, 0.6) is 0 Å². The molecule has 6 heteroatoms. The summed E-state index contributed by atoms with van der Waals surface area (Å²) < 4.78 is 6.92. The van der Waals surface area contributed by atoms with Gasteiger partial charge in [0.2, 0.25) is 0 Å². The molecule has 19 heavy (non-hydrogen) atoms. The van der Waals surface area contributed by atoms with Crippen molar-refractivity contribution >= 4 is 0 Å². The molecule has 1 aromatic carbocycles. The Hall–Kier alpha value is -2.47. The van der Waals surface area contributed by atoms with Crippen LogP contribution in [0.1, 0.15) is 18.8 Å². The van der Waals surface area contributed by atoms with Crippen molar-refractivity contribution in [2.24, 2.45) is 5.73 Å². The second-order valence-electron chi connectivity index (χ2n) is 4.26. The van der Waals surface area contributed by atoms with E-state index in [1.807, 2.05) is 43.5 Å². The highest BCUT2D eigenvalue weighted by molar-refractivity contribution is 5.51. The Morgan fingerprint density at radius 2 is 2.05 bits per heavy atom. The molecule has 1 atom stereocenters. The van der Waals surface area contributed by atoms with Gasteiger partial charge < -0.3 is 10.3 Å². The van der Waals surface area contributed by atoms with Gasteiger partial charge in [0.1, 0.15) is 0 Å². The Balaban J connectivity index is 1.92. The topological polar surface area (TPSA) is 82.8 Å². The Labute approximate surface area is 109 Å². The van der Waals surface area contributed by atoms with E-state index in [4.69, 9.17) is 10.3 Å². The third kappa shape index (κ3) is 2.25. The lowest BCUT2D eigenvalue weighted by Gasteiger charge is -1.98. The molecular weight excluding hydrogens is 242 g/mol. The van der Waals surface area contributed by atoms with E-state index in [-0.39, 0.29) is 6.04 Å². The molecule has 0 radical (unpaired) electrons. The highest BCUT2D eigenvalue weighted by Crippen LogP contribution is 2.19. The monoisotopic (exact) mass is 255 g/mol. The highest BCUT2D eigenvalue weighted by atomic mass is 16.5. The van der Waals surface area contributed by atoms with Crippen LogP contribution in [0.25, 0.3) is 17.1 Å². The van der Waals surface area contributed by atoms with Gasteiger partial charge >= 0.3 is 0 Å². The van der Waals surface area contributed by atoms with Crippen molar-refractivity contribution in [3.05, 3.63) is 48.5 Å². The van der Waals surface area contributed by atoms with Crippen molar-refractivity contribution in [3.63, 3.8) is 0 Å². The van der Waals surface area contributed by atoms with E-state index >= 15 is 0 Å². The largest absolute Gasteiger partial charge is 0.334 e. The van der Waals surface area contributed by atoms with Crippen molar-refractivity contribution in [1.29, 1.82) is 0 Å². The Kier molecular flexibility index (Phi) is 2.85. The van der Waals surface area contributed by atoms with Crippen LogP contribution in [-0.2, 0) is 0 Å². The molecule has 6 nitrogen and oxygen atoms in total. The van der Waals surface area contributed by atoms with Crippen LogP contribution in [0.15, 0.2) is 47.2 Å². The highest BCUT2D eigenvalue weighted by Gasteiger charge is 2.13. The number of hydrogen-bond acceptors (Lipinski definition) is 5. The van der Waals surface area contributed by atoms with Gasteiger partial charge in [0.15, 0.2) is 5.82 Å². The van der Waals surface area contributed by atoms with Gasteiger partial charge in [-0.15, -0.1) is 0 Å². The van der Waals surface area contributed by atoms with Crippen LogP contribution in [0.2, 0.25) is 0 Å². The summed E-state index contributed by atoms with van der Waals surface area (Å²) in [4.78, 5) is 4.23. The first-order valence-corrected chi connectivity index (χ1v) is 5.93. The number of benzene rings is 1. The average molecular weight is 255 g/mol. The fourth-order valence-corrected chi connectivity index (χ4v) is 1.69. The zero-order valence-corrected chi connectivity index (χ0v) is 10.4. The number of aromatic nitrogens is 4. The lowest BCUT2D eigenvalue weighted by molar-refractivity contribution is 0.418. The van der Waals surface area contributed by atoms with Crippen molar-refractivity contribution < 1.29 is 4.52 Å². The van der Waals surface area contributed by atoms with Crippen LogP contribution >= 0.6 is 0 Å². The molecule has 2 aromatic heterocycles. The molecule has 2 N–H and O–H groups in total. The Morgan fingerprint density at radius 3 is 2.74 bits per heavy atom. The molecule has 1 unspecified atom stereocenters. The first-order valence-electron chi connectivity index (χ1n) is 5.93. The maximum Gasteiger partial charge on any atom is 0.261 e. The van der Waals surface area contributed by atoms with Crippen LogP contribution in [0.4, 0.5) is 0 Å². The van der Waals surface area contributed by atoms with Gasteiger partial charge in [0.05, 0.1) is 23.5 Å². The molecule has 0 aliphatic carbocycles. The van der Waals surface area contributed by atoms with Gasteiger partial charge in [-0.2, -0.15) is 10.1 Å². The summed E-state index contributed by atoms with van der Waals surface area (Å²) in [6, 6.07) is 9.56. The third-order valence-electron chi connectivity index (χ3n) is 2.70. The Bertz CT molecular complexity index is 671. The zero-order valence-electron chi connectivity index (χ0n) is 10.4. The molecule has 3 aromatic rings. The summed E-state index contributed by atoms with van der Waals surface area (Å²) >= 11 is 0. The first kappa shape index (κ1) is 11.6. The minimum absolute atomic E-state index is 0.248. The van der Waals surface area contributed by atoms with Crippen LogP contribution in [0, 0.1) is 0 Å². The standard InChI is InChI=1S/C13H13N5O/c1-9(14)12-16-13(19-17-12)10-7-15-18(8-10)11-5-3-2-4-6-11/h2-9H,14H2,1H3. The molecule has 2 heterocycles. The molecular formula is C13H13N5O. The van der Waals surface area contributed by atoms with E-state index in [0.29, 0.717) is 11.7 Å². The molecule has 3 rings (SSSR count). The van der Waals surface area contributed by atoms with Gasteiger partial charge in [0, 0.05) is 6.20 Å². The first-order chi connectivity index (χ1) is 9.24. The fraction of sp³-hybridized carbons (Fsp3) is 0.154. The minimum atomic E-state index is -0.248. The third-order valence-corrected chi connectivity index (χ3v) is 2.70. The molecule has 0 bridgehead atoms. The lowest BCUT2D eigenvalue weighted by atomic mass is 10.3. The van der Waals surface area contributed by atoms with Crippen molar-refractivity contribution in [1.82, 2.24) is 19.9 Å². The number of rotatable bonds is 3. The molecule has 0 aliphatic heterocycles. The van der Waals surface area contributed by atoms with Crippen LogP contribution in [0.3, 0.4) is 0 Å². The van der Waals surface area contributed by atoms with Crippen molar-refractivity contribution in [3.8, 4) is 17.1 Å². The summed E-state index contributed by atoms with van der Waals surface area (Å²) in [6.45, 7) is 1.81. The molecule has 0 saturated carbocycles. The van der Waals surface area contributed by atoms with E-state index in [9.17, 15) is 0 Å². The molecule has 0 fully saturated rings. The maximum absolute atomic E-state index is 5.70. The fourth-order valence-electron chi connectivity index (χ4n) is 1.69. The molecule has 96 valence electrons. The zero-order chi connectivity index (χ0) is 13.2. The average Bonchev–Trinajstić information content (AvgIpc) is 3.09. The quantitative estimate of drug-likeness (QED) is 0.773. The van der Waals surface area contributed by atoms with E-state index in [1.54, 1.807) is 10.9 Å². The van der Waals surface area contributed by atoms with Crippen molar-refractivity contribution in [2.45, 2.75) is 13.0 Å². The molecule has 0 amide bonds. The second kappa shape index (κ2) is 4.66. The summed E-state index contributed by atoms with van der Waals surface area (Å²) in [7, 11) is 0. The number of nitrogens with two attached hydrogens (primary N) is 1. The lowest BCUT2D eigenvalue weighted by Crippen LogP contribution is -2.06. The Morgan fingerprint density at radius 1 is 1.26 bits per heavy atom. The maximum atomic E-state index is 5.70. The van der Waals surface area contributed by atoms with E-state index in [1.165, 1.54) is 0 Å². The van der Waals surface area contributed by atoms with E-state index in [0.717, 1.165) is 11.3 Å². The normalized spacial score (nSPS) is 12.5. The van der Waals surface area contributed by atoms with Gasteiger partial charge in [-0.3, -0.25) is 0 Å². The van der Waals surface area contributed by atoms with Gasteiger partial charge in [0.25, 0.3) is 5.89 Å². The number of hydrogen-bond donors (Lipinski definition) is 1. The van der Waals surface area contributed by atoms with Crippen LogP contribution in [-0.4, -0.2) is 19.9 Å². The molecule has 0 saturated heterocycles. The second-order valence-corrected chi connectivity index (χ2v) is 4.26. The smallest absolute Gasteiger partial charge is 0.261 e. The van der Waals surface area contributed by atoms with Crippen LogP contribution < -0.4 is 5.73 Å². The van der Waals surface area contributed by atoms with Gasteiger partial charge in [-0.25, -0.2) is 4.68 Å². The predicted molar refractivity (Wildman–Crippen MR) is 69.5 cm³/mol. The summed E-state index contributed by atoms with van der Waals surface area (Å²) in [5.41, 5.74) is 7.44. The van der Waals surface area contributed by atoms with Gasteiger partial charge in [-0.05, 0) is 19.1 Å². The van der Waals surface area contributed by atoms with E-state index < -0.39 is 0 Å². The van der Waals surface area contributed by atoms with Crippen molar-refractivity contribution in [2.75, 3.05) is 0 Å². The summed E-state index contributed by atoms with van der Waals surface area (Å²) in [5.74, 6) is 0.914. The minimum Gasteiger partial charge on any atom is -0.334 e. The number of nitrogens with zero attached hydrogens (tertiary/aromatic N) is 4.